The van der Waals surface area contributed by atoms with Crippen molar-refractivity contribution in [1.82, 2.24) is 9.99 Å². The number of rotatable bonds is 8. The number of aromatic nitrogens is 1. The fourth-order valence-corrected chi connectivity index (χ4v) is 2.46. The summed E-state index contributed by atoms with van der Waals surface area (Å²) in [5, 5.41) is 3.97. The van der Waals surface area contributed by atoms with Gasteiger partial charge in [-0.25, -0.2) is 5.43 Å². The second-order valence-corrected chi connectivity index (χ2v) is 6.15. The van der Waals surface area contributed by atoms with Crippen LogP contribution in [0.15, 0.2) is 46.4 Å². The van der Waals surface area contributed by atoms with Gasteiger partial charge in [0.05, 0.1) is 19.9 Å². The van der Waals surface area contributed by atoms with E-state index >= 15 is 0 Å². The molecule has 0 atom stereocenters. The maximum Gasteiger partial charge on any atom is 0.276 e. The number of amides is 1. The molecule has 0 spiro atoms. The summed E-state index contributed by atoms with van der Waals surface area (Å²) < 4.78 is 12.5. The molecule has 0 saturated carbocycles. The second-order valence-electron chi connectivity index (χ2n) is 6.15. The molecule has 7 nitrogen and oxygen atoms in total. The molecule has 1 aromatic heterocycles. The minimum absolute atomic E-state index is 0.0381. The smallest absolute Gasteiger partial charge is 0.276 e. The first-order valence-corrected chi connectivity index (χ1v) is 8.84. The molecule has 1 amide bonds. The van der Waals surface area contributed by atoms with E-state index in [1.807, 2.05) is 20.8 Å². The zero-order valence-electron chi connectivity index (χ0n) is 16.1. The van der Waals surface area contributed by atoms with Gasteiger partial charge in [0.1, 0.15) is 5.56 Å². The fraction of sp³-hybridized carbons (Fsp3) is 0.350. The Bertz CT molecular complexity index is 872. The van der Waals surface area contributed by atoms with Gasteiger partial charge >= 0.3 is 0 Å². The number of nitrogens with zero attached hydrogens (tertiary/aromatic N) is 2. The number of hydrogen-bond acceptors (Lipinski definition) is 5. The summed E-state index contributed by atoms with van der Waals surface area (Å²) in [6.07, 6.45) is 3.97. The molecule has 144 valence electrons. The number of carbonyl (C=O) groups excluding carboxylic acids is 1. The van der Waals surface area contributed by atoms with Crippen molar-refractivity contribution in [3.63, 3.8) is 0 Å². The van der Waals surface area contributed by atoms with Gasteiger partial charge in [-0.2, -0.15) is 5.10 Å². The quantitative estimate of drug-likeness (QED) is 0.571. The predicted octanol–water partition coefficient (Wildman–Crippen LogP) is 2.99. The van der Waals surface area contributed by atoms with Crippen molar-refractivity contribution in [2.24, 2.45) is 5.10 Å². The van der Waals surface area contributed by atoms with Crippen molar-refractivity contribution in [3.05, 3.63) is 58.0 Å². The molecular formula is C20H25N3O4. The standard InChI is InChI=1S/C20H25N3O4/c1-5-12-27-18-15(8-6-10-17(18)26-4)13-21-22-19(24)16-9-7-11-23(14(2)3)20(16)25/h6-11,13-14H,5,12H2,1-4H3,(H,22,24)/b21-13-. The van der Waals surface area contributed by atoms with Gasteiger partial charge in [-0.15, -0.1) is 0 Å². The second kappa shape index (κ2) is 9.56. The molecule has 2 rings (SSSR count). The Morgan fingerprint density at radius 1 is 1.30 bits per heavy atom. The Balaban J connectivity index is 2.20. The minimum atomic E-state index is -0.565. The summed E-state index contributed by atoms with van der Waals surface area (Å²) in [6, 6.07) is 8.51. The van der Waals surface area contributed by atoms with E-state index in [0.29, 0.717) is 23.7 Å². The number of hydrazone groups is 1. The van der Waals surface area contributed by atoms with Crippen LogP contribution in [-0.2, 0) is 0 Å². The summed E-state index contributed by atoms with van der Waals surface area (Å²) in [5.41, 5.74) is 2.74. The molecule has 0 fully saturated rings. The van der Waals surface area contributed by atoms with Crippen LogP contribution in [0.4, 0.5) is 0 Å². The van der Waals surface area contributed by atoms with Gasteiger partial charge in [0.15, 0.2) is 11.5 Å². The highest BCUT2D eigenvalue weighted by molar-refractivity contribution is 5.94. The molecule has 1 N–H and O–H groups in total. The SMILES string of the molecule is CCCOc1c(/C=N\NC(=O)c2cccn(C(C)C)c2=O)cccc1OC. The van der Waals surface area contributed by atoms with Crippen LogP contribution in [0, 0.1) is 0 Å². The Hall–Kier alpha value is -3.09. The highest BCUT2D eigenvalue weighted by Gasteiger charge is 2.13. The fourth-order valence-electron chi connectivity index (χ4n) is 2.46. The molecule has 0 aliphatic heterocycles. The maximum absolute atomic E-state index is 12.4. The molecule has 1 aromatic carbocycles. The molecule has 0 unspecified atom stereocenters. The van der Waals surface area contributed by atoms with Gasteiger partial charge in [-0.1, -0.05) is 13.0 Å². The van der Waals surface area contributed by atoms with Crippen molar-refractivity contribution in [3.8, 4) is 11.5 Å². The summed E-state index contributed by atoms with van der Waals surface area (Å²) >= 11 is 0. The van der Waals surface area contributed by atoms with Crippen LogP contribution in [0.2, 0.25) is 0 Å². The van der Waals surface area contributed by atoms with Gasteiger partial charge in [-0.3, -0.25) is 9.59 Å². The number of methoxy groups -OCH3 is 1. The van der Waals surface area contributed by atoms with E-state index in [9.17, 15) is 9.59 Å². The lowest BCUT2D eigenvalue weighted by atomic mass is 10.2. The number of benzene rings is 1. The van der Waals surface area contributed by atoms with Gasteiger partial charge in [-0.05, 0) is 44.5 Å². The molecular weight excluding hydrogens is 346 g/mol. The van der Waals surface area contributed by atoms with Crippen molar-refractivity contribution in [1.29, 1.82) is 0 Å². The number of pyridine rings is 1. The van der Waals surface area contributed by atoms with Crippen molar-refractivity contribution < 1.29 is 14.3 Å². The Morgan fingerprint density at radius 3 is 2.74 bits per heavy atom. The van der Waals surface area contributed by atoms with E-state index in [4.69, 9.17) is 9.47 Å². The molecule has 0 saturated heterocycles. The molecule has 1 heterocycles. The number of para-hydroxylation sites is 1. The Morgan fingerprint density at radius 2 is 2.07 bits per heavy atom. The third-order valence-corrected chi connectivity index (χ3v) is 3.82. The average molecular weight is 371 g/mol. The van der Waals surface area contributed by atoms with Crippen LogP contribution in [0.1, 0.15) is 49.2 Å². The zero-order chi connectivity index (χ0) is 19.8. The largest absolute Gasteiger partial charge is 0.493 e. The first-order valence-electron chi connectivity index (χ1n) is 8.84. The molecule has 0 aliphatic carbocycles. The number of nitrogens with one attached hydrogen (secondary N) is 1. The molecule has 0 aliphatic rings. The van der Waals surface area contributed by atoms with Crippen molar-refractivity contribution in [2.45, 2.75) is 33.2 Å². The number of ether oxygens (including phenoxy) is 2. The predicted molar refractivity (Wildman–Crippen MR) is 105 cm³/mol. The molecule has 27 heavy (non-hydrogen) atoms. The lowest BCUT2D eigenvalue weighted by Crippen LogP contribution is -2.31. The highest BCUT2D eigenvalue weighted by Crippen LogP contribution is 2.30. The summed E-state index contributed by atoms with van der Waals surface area (Å²) in [6.45, 7) is 6.29. The molecule has 2 aromatic rings. The van der Waals surface area contributed by atoms with Crippen molar-refractivity contribution in [2.75, 3.05) is 13.7 Å². The van der Waals surface area contributed by atoms with E-state index < -0.39 is 5.91 Å². The first-order chi connectivity index (χ1) is 13.0. The van der Waals surface area contributed by atoms with E-state index in [1.54, 1.807) is 37.6 Å². The summed E-state index contributed by atoms with van der Waals surface area (Å²) in [5.74, 6) is 0.577. The number of hydrogen-bond donors (Lipinski definition) is 1. The molecule has 0 bridgehead atoms. The van der Waals surface area contributed by atoms with Gasteiger partial charge in [0.25, 0.3) is 11.5 Å². The van der Waals surface area contributed by atoms with Gasteiger partial charge < -0.3 is 14.0 Å². The van der Waals surface area contributed by atoms with Crippen LogP contribution in [-0.4, -0.2) is 30.4 Å². The van der Waals surface area contributed by atoms with Crippen LogP contribution >= 0.6 is 0 Å². The van der Waals surface area contributed by atoms with Crippen LogP contribution < -0.4 is 20.5 Å². The van der Waals surface area contributed by atoms with E-state index in [0.717, 1.165) is 6.42 Å². The lowest BCUT2D eigenvalue weighted by Gasteiger charge is -2.12. The first kappa shape index (κ1) is 20.2. The third kappa shape index (κ3) is 4.97. The van der Waals surface area contributed by atoms with Crippen LogP contribution in [0.3, 0.4) is 0 Å². The average Bonchev–Trinajstić information content (AvgIpc) is 2.66. The van der Waals surface area contributed by atoms with Gasteiger partial charge in [0.2, 0.25) is 0 Å². The number of carbonyl (C=O) groups is 1. The molecule has 7 heteroatoms. The zero-order valence-corrected chi connectivity index (χ0v) is 16.1. The van der Waals surface area contributed by atoms with E-state index in [-0.39, 0.29) is 17.2 Å². The summed E-state index contributed by atoms with van der Waals surface area (Å²) in [7, 11) is 1.56. The topological polar surface area (TPSA) is 81.9 Å². The highest BCUT2D eigenvalue weighted by atomic mass is 16.5. The Labute approximate surface area is 158 Å². The van der Waals surface area contributed by atoms with Crippen molar-refractivity contribution >= 4 is 12.1 Å². The van der Waals surface area contributed by atoms with E-state index in [2.05, 4.69) is 10.5 Å². The maximum atomic E-state index is 12.4. The normalized spacial score (nSPS) is 11.0. The molecule has 0 radical (unpaired) electrons. The summed E-state index contributed by atoms with van der Waals surface area (Å²) in [4.78, 5) is 24.7. The third-order valence-electron chi connectivity index (χ3n) is 3.82. The van der Waals surface area contributed by atoms with Gasteiger partial charge in [0, 0.05) is 17.8 Å². The van der Waals surface area contributed by atoms with Crippen LogP contribution in [0.25, 0.3) is 0 Å². The van der Waals surface area contributed by atoms with Crippen LogP contribution in [0.5, 0.6) is 11.5 Å². The Kier molecular flexibility index (Phi) is 7.16. The lowest BCUT2D eigenvalue weighted by molar-refractivity contribution is 0.0953. The van der Waals surface area contributed by atoms with E-state index in [1.165, 1.54) is 16.8 Å². The monoisotopic (exact) mass is 371 g/mol. The minimum Gasteiger partial charge on any atom is -0.493 e.